The molecule has 0 N–H and O–H groups in total. The minimum atomic E-state index is 0.875. The minimum Gasteiger partial charge on any atom is -0.264 e. The molecule has 3 nitrogen and oxygen atoms in total. The van der Waals surface area contributed by atoms with Crippen molar-refractivity contribution in [1.29, 1.82) is 0 Å². The van der Waals surface area contributed by atoms with Crippen molar-refractivity contribution in [2.45, 2.75) is 0 Å². The van der Waals surface area contributed by atoms with Gasteiger partial charge in [-0.15, -0.1) is 0 Å². The first-order chi connectivity index (χ1) is 11.9. The maximum atomic E-state index is 4.26. The van der Waals surface area contributed by atoms with E-state index in [1.807, 2.05) is 42.6 Å². The monoisotopic (exact) mass is 309 g/mol. The summed E-state index contributed by atoms with van der Waals surface area (Å²) < 4.78 is 0. The molecule has 0 amide bonds. The van der Waals surface area contributed by atoms with Gasteiger partial charge in [0.25, 0.3) is 0 Å². The summed E-state index contributed by atoms with van der Waals surface area (Å²) >= 11 is 0. The minimum absolute atomic E-state index is 0.875. The number of pyridine rings is 1. The summed E-state index contributed by atoms with van der Waals surface area (Å²) in [5, 5.41) is 8.43. The molecule has 0 bridgehead atoms. The van der Waals surface area contributed by atoms with Crippen molar-refractivity contribution >= 4 is 0 Å². The second kappa shape index (κ2) is 6.42. The number of benzene rings is 2. The van der Waals surface area contributed by atoms with Gasteiger partial charge < -0.3 is 0 Å². The Balaban J connectivity index is 1.75. The van der Waals surface area contributed by atoms with Gasteiger partial charge >= 0.3 is 0 Å². The fourth-order valence-electron chi connectivity index (χ4n) is 2.69. The summed E-state index contributed by atoms with van der Waals surface area (Å²) in [7, 11) is 0. The highest BCUT2D eigenvalue weighted by atomic mass is 15.1. The third kappa shape index (κ3) is 2.92. The SMILES string of the molecule is c1ccc(-c2cc(-c3cccc(-c4cccnc4)c3)cnn2)cc1. The molecule has 2 aromatic carbocycles. The molecule has 0 aliphatic carbocycles. The molecule has 0 radical (unpaired) electrons. The maximum Gasteiger partial charge on any atom is 0.0935 e. The van der Waals surface area contributed by atoms with Gasteiger partial charge in [0, 0.05) is 29.1 Å². The number of nitrogens with zero attached hydrogens (tertiary/aromatic N) is 3. The first-order valence-electron chi connectivity index (χ1n) is 7.79. The molecule has 0 fully saturated rings. The molecule has 3 heteroatoms. The Morgan fingerprint density at radius 2 is 1.29 bits per heavy atom. The quantitative estimate of drug-likeness (QED) is 0.542. The average Bonchev–Trinajstić information content (AvgIpc) is 2.70. The Morgan fingerprint density at radius 3 is 2.08 bits per heavy atom. The van der Waals surface area contributed by atoms with Crippen LogP contribution in [-0.4, -0.2) is 15.2 Å². The van der Waals surface area contributed by atoms with E-state index in [0.29, 0.717) is 0 Å². The van der Waals surface area contributed by atoms with Crippen molar-refractivity contribution in [3.8, 4) is 33.5 Å². The summed E-state index contributed by atoms with van der Waals surface area (Å²) in [6.45, 7) is 0. The van der Waals surface area contributed by atoms with E-state index in [4.69, 9.17) is 0 Å². The predicted molar refractivity (Wildman–Crippen MR) is 96.1 cm³/mol. The predicted octanol–water partition coefficient (Wildman–Crippen LogP) is 4.87. The van der Waals surface area contributed by atoms with Crippen LogP contribution < -0.4 is 0 Å². The van der Waals surface area contributed by atoms with Crippen LogP contribution in [0.15, 0.2) is 91.4 Å². The lowest BCUT2D eigenvalue weighted by Gasteiger charge is -2.07. The number of hydrogen-bond donors (Lipinski definition) is 0. The molecular weight excluding hydrogens is 294 g/mol. The molecule has 0 unspecified atom stereocenters. The van der Waals surface area contributed by atoms with E-state index in [1.54, 1.807) is 12.4 Å². The second-order valence-electron chi connectivity index (χ2n) is 5.52. The molecule has 0 atom stereocenters. The van der Waals surface area contributed by atoms with E-state index in [2.05, 4.69) is 51.6 Å². The first-order valence-corrected chi connectivity index (χ1v) is 7.79. The molecule has 0 aliphatic heterocycles. The van der Waals surface area contributed by atoms with Gasteiger partial charge in [-0.2, -0.15) is 10.2 Å². The van der Waals surface area contributed by atoms with Crippen LogP contribution in [0.5, 0.6) is 0 Å². The molecule has 0 aliphatic rings. The molecule has 2 aromatic heterocycles. The smallest absolute Gasteiger partial charge is 0.0935 e. The zero-order valence-corrected chi connectivity index (χ0v) is 13.0. The zero-order valence-electron chi connectivity index (χ0n) is 13.0. The molecule has 0 spiro atoms. The van der Waals surface area contributed by atoms with Crippen LogP contribution in [0.3, 0.4) is 0 Å². The topological polar surface area (TPSA) is 38.7 Å². The van der Waals surface area contributed by atoms with Crippen LogP contribution in [0.25, 0.3) is 33.5 Å². The molecule has 24 heavy (non-hydrogen) atoms. The Morgan fingerprint density at radius 1 is 0.542 bits per heavy atom. The highest BCUT2D eigenvalue weighted by Crippen LogP contribution is 2.27. The summed E-state index contributed by atoms with van der Waals surface area (Å²) in [5.41, 5.74) is 6.34. The Kier molecular flexibility index (Phi) is 3.82. The number of aromatic nitrogens is 3. The standard InChI is InChI=1S/C21H15N3/c1-2-6-16(7-3-1)21-13-20(15-23-24-21)18-9-4-8-17(12-18)19-10-5-11-22-14-19/h1-15H. The van der Waals surface area contributed by atoms with Crippen molar-refractivity contribution in [2.24, 2.45) is 0 Å². The number of hydrogen-bond acceptors (Lipinski definition) is 3. The summed E-state index contributed by atoms with van der Waals surface area (Å²) in [6.07, 6.45) is 5.46. The molecule has 0 saturated carbocycles. The third-order valence-electron chi connectivity index (χ3n) is 3.91. The van der Waals surface area contributed by atoms with Crippen molar-refractivity contribution in [1.82, 2.24) is 15.2 Å². The van der Waals surface area contributed by atoms with Crippen LogP contribution >= 0.6 is 0 Å². The molecule has 4 aromatic rings. The van der Waals surface area contributed by atoms with E-state index in [9.17, 15) is 0 Å². The van der Waals surface area contributed by atoms with Gasteiger partial charge in [-0.05, 0) is 29.3 Å². The van der Waals surface area contributed by atoms with Gasteiger partial charge in [0.1, 0.15) is 0 Å². The van der Waals surface area contributed by atoms with Gasteiger partial charge in [0.2, 0.25) is 0 Å². The lowest BCUT2D eigenvalue weighted by atomic mass is 10.00. The zero-order chi connectivity index (χ0) is 16.2. The van der Waals surface area contributed by atoms with Crippen LogP contribution in [0.4, 0.5) is 0 Å². The average molecular weight is 309 g/mol. The molecule has 0 saturated heterocycles. The van der Waals surface area contributed by atoms with Gasteiger partial charge in [-0.1, -0.05) is 54.6 Å². The Labute approximate surface area is 140 Å². The van der Waals surface area contributed by atoms with Gasteiger partial charge in [0.15, 0.2) is 0 Å². The fraction of sp³-hybridized carbons (Fsp3) is 0. The molecule has 2 heterocycles. The molecule has 114 valence electrons. The van der Waals surface area contributed by atoms with E-state index >= 15 is 0 Å². The number of rotatable bonds is 3. The van der Waals surface area contributed by atoms with Gasteiger partial charge in [-0.25, -0.2) is 0 Å². The summed E-state index contributed by atoms with van der Waals surface area (Å²) in [4.78, 5) is 4.19. The van der Waals surface area contributed by atoms with E-state index in [-0.39, 0.29) is 0 Å². The van der Waals surface area contributed by atoms with E-state index in [0.717, 1.165) is 33.5 Å². The van der Waals surface area contributed by atoms with Crippen LogP contribution in [0.1, 0.15) is 0 Å². The second-order valence-corrected chi connectivity index (χ2v) is 5.52. The summed E-state index contributed by atoms with van der Waals surface area (Å²) in [5.74, 6) is 0. The van der Waals surface area contributed by atoms with Gasteiger partial charge in [-0.3, -0.25) is 4.98 Å². The normalized spacial score (nSPS) is 10.5. The van der Waals surface area contributed by atoms with Crippen LogP contribution in [-0.2, 0) is 0 Å². The fourth-order valence-corrected chi connectivity index (χ4v) is 2.69. The largest absolute Gasteiger partial charge is 0.264 e. The van der Waals surface area contributed by atoms with Crippen LogP contribution in [0.2, 0.25) is 0 Å². The van der Waals surface area contributed by atoms with Crippen LogP contribution in [0, 0.1) is 0 Å². The van der Waals surface area contributed by atoms with Crippen molar-refractivity contribution in [2.75, 3.05) is 0 Å². The van der Waals surface area contributed by atoms with E-state index in [1.165, 1.54) is 0 Å². The Bertz CT molecular complexity index is 870. The molecular formula is C21H15N3. The first kappa shape index (κ1) is 14.3. The van der Waals surface area contributed by atoms with Crippen molar-refractivity contribution < 1.29 is 0 Å². The van der Waals surface area contributed by atoms with E-state index < -0.39 is 0 Å². The highest BCUT2D eigenvalue weighted by molar-refractivity contribution is 5.74. The van der Waals surface area contributed by atoms with Crippen molar-refractivity contribution in [3.05, 3.63) is 91.4 Å². The van der Waals surface area contributed by atoms with Crippen molar-refractivity contribution in [3.63, 3.8) is 0 Å². The third-order valence-corrected chi connectivity index (χ3v) is 3.91. The lowest BCUT2D eigenvalue weighted by molar-refractivity contribution is 1.04. The summed E-state index contributed by atoms with van der Waals surface area (Å²) in [6, 6.07) is 24.6. The Hall–Kier alpha value is -3.33. The molecule has 4 rings (SSSR count). The highest BCUT2D eigenvalue weighted by Gasteiger charge is 2.05. The van der Waals surface area contributed by atoms with Gasteiger partial charge in [0.05, 0.1) is 11.9 Å². The lowest BCUT2D eigenvalue weighted by Crippen LogP contribution is -1.89. The maximum absolute atomic E-state index is 4.26.